The Labute approximate surface area is 174 Å². The number of nitrogens with one attached hydrogen (secondary N) is 1. The van der Waals surface area contributed by atoms with Gasteiger partial charge in [0.2, 0.25) is 11.8 Å². The lowest BCUT2D eigenvalue weighted by Crippen LogP contribution is -2.39. The van der Waals surface area contributed by atoms with Crippen LogP contribution in [0.2, 0.25) is 0 Å². The summed E-state index contributed by atoms with van der Waals surface area (Å²) in [4.78, 5) is 18.7. The van der Waals surface area contributed by atoms with Gasteiger partial charge in [-0.1, -0.05) is 50.2 Å². The number of carbonyl (C=O) groups excluding carboxylic acids is 1. The van der Waals surface area contributed by atoms with Gasteiger partial charge in [-0.2, -0.15) is 0 Å². The second-order valence-electron chi connectivity index (χ2n) is 8.27. The third kappa shape index (κ3) is 7.50. The van der Waals surface area contributed by atoms with Gasteiger partial charge in [0.05, 0.1) is 0 Å². The van der Waals surface area contributed by atoms with E-state index in [1.54, 1.807) is 6.20 Å². The number of amides is 1. The van der Waals surface area contributed by atoms with Crippen molar-refractivity contribution in [1.29, 1.82) is 0 Å². The summed E-state index contributed by atoms with van der Waals surface area (Å²) in [6.07, 6.45) is 5.74. The van der Waals surface area contributed by atoms with Crippen LogP contribution in [-0.2, 0) is 17.8 Å². The number of pyridine rings is 1. The Morgan fingerprint density at radius 3 is 2.55 bits per heavy atom. The highest BCUT2D eigenvalue weighted by molar-refractivity contribution is 5.76. The minimum atomic E-state index is 0.0827. The van der Waals surface area contributed by atoms with Crippen molar-refractivity contribution in [2.75, 3.05) is 19.6 Å². The fourth-order valence-electron chi connectivity index (χ4n) is 3.58. The standard InChI is InChI=1S/C24H33N3O2/c1-19(2)16-23(28)25-17-21-8-9-24(26-18-21)29-22-11-14-27(15-12-22)13-10-20-6-4-3-5-7-20/h3-9,18-19,22H,10-17H2,1-2H3,(H,25,28). The van der Waals surface area contributed by atoms with Crippen LogP contribution in [0.15, 0.2) is 48.7 Å². The normalized spacial score (nSPS) is 15.4. The van der Waals surface area contributed by atoms with E-state index in [9.17, 15) is 4.79 Å². The molecule has 0 bridgehead atoms. The molecular formula is C24H33N3O2. The van der Waals surface area contributed by atoms with Crippen LogP contribution in [0.5, 0.6) is 5.88 Å². The van der Waals surface area contributed by atoms with Gasteiger partial charge < -0.3 is 15.0 Å². The summed E-state index contributed by atoms with van der Waals surface area (Å²) in [5, 5.41) is 2.93. The number of likely N-dealkylation sites (tertiary alicyclic amines) is 1. The third-order valence-electron chi connectivity index (χ3n) is 5.26. The summed E-state index contributed by atoms with van der Waals surface area (Å²) >= 11 is 0. The van der Waals surface area contributed by atoms with E-state index >= 15 is 0 Å². The lowest BCUT2D eigenvalue weighted by molar-refractivity contribution is -0.121. The minimum absolute atomic E-state index is 0.0827. The minimum Gasteiger partial charge on any atom is -0.474 e. The largest absolute Gasteiger partial charge is 0.474 e. The molecule has 0 aliphatic carbocycles. The maximum atomic E-state index is 11.7. The maximum Gasteiger partial charge on any atom is 0.220 e. The zero-order valence-corrected chi connectivity index (χ0v) is 17.6. The van der Waals surface area contributed by atoms with Crippen LogP contribution in [0.4, 0.5) is 0 Å². The highest BCUT2D eigenvalue weighted by atomic mass is 16.5. The molecule has 3 rings (SSSR count). The highest BCUT2D eigenvalue weighted by Gasteiger charge is 2.20. The number of benzene rings is 1. The number of carbonyl (C=O) groups is 1. The molecule has 156 valence electrons. The van der Waals surface area contributed by atoms with E-state index in [-0.39, 0.29) is 12.0 Å². The number of nitrogens with zero attached hydrogens (tertiary/aromatic N) is 2. The molecule has 1 aromatic carbocycles. The quantitative estimate of drug-likeness (QED) is 0.701. The summed E-state index contributed by atoms with van der Waals surface area (Å²) in [6.45, 7) is 7.84. The molecule has 0 unspecified atom stereocenters. The Bertz CT molecular complexity index is 738. The molecule has 29 heavy (non-hydrogen) atoms. The molecule has 5 nitrogen and oxygen atoms in total. The molecule has 2 heterocycles. The number of hydrogen-bond donors (Lipinski definition) is 1. The first-order valence-corrected chi connectivity index (χ1v) is 10.7. The van der Waals surface area contributed by atoms with E-state index in [1.807, 2.05) is 26.0 Å². The Balaban J connectivity index is 1.36. The first kappa shape index (κ1) is 21.3. The van der Waals surface area contributed by atoms with E-state index in [4.69, 9.17) is 4.74 Å². The second-order valence-corrected chi connectivity index (χ2v) is 8.27. The fraction of sp³-hybridized carbons (Fsp3) is 0.500. The molecule has 1 amide bonds. The Kier molecular flexibility index (Phi) is 8.05. The number of piperidine rings is 1. The van der Waals surface area contributed by atoms with Crippen molar-refractivity contribution >= 4 is 5.91 Å². The Morgan fingerprint density at radius 1 is 1.14 bits per heavy atom. The van der Waals surface area contributed by atoms with Gasteiger partial charge in [-0.3, -0.25) is 4.79 Å². The lowest BCUT2D eigenvalue weighted by Gasteiger charge is -2.31. The molecule has 2 aromatic rings. The summed E-state index contributed by atoms with van der Waals surface area (Å²) < 4.78 is 6.07. The van der Waals surface area contributed by atoms with E-state index < -0.39 is 0 Å². The van der Waals surface area contributed by atoms with Gasteiger partial charge in [0, 0.05) is 44.9 Å². The molecule has 1 N–H and O–H groups in total. The van der Waals surface area contributed by atoms with Gasteiger partial charge in [-0.15, -0.1) is 0 Å². The smallest absolute Gasteiger partial charge is 0.220 e. The molecule has 1 aromatic heterocycles. The summed E-state index contributed by atoms with van der Waals surface area (Å²) in [6, 6.07) is 14.6. The van der Waals surface area contributed by atoms with Crippen molar-refractivity contribution in [3.05, 3.63) is 59.8 Å². The number of ether oxygens (including phenoxy) is 1. The second kappa shape index (κ2) is 11.0. The molecule has 1 saturated heterocycles. The molecule has 5 heteroatoms. The highest BCUT2D eigenvalue weighted by Crippen LogP contribution is 2.18. The zero-order valence-electron chi connectivity index (χ0n) is 17.6. The molecule has 0 radical (unpaired) electrons. The average Bonchev–Trinajstić information content (AvgIpc) is 2.73. The lowest BCUT2D eigenvalue weighted by atomic mass is 10.1. The Morgan fingerprint density at radius 2 is 1.90 bits per heavy atom. The van der Waals surface area contributed by atoms with Gasteiger partial charge in [0.25, 0.3) is 0 Å². The van der Waals surface area contributed by atoms with E-state index in [2.05, 4.69) is 45.5 Å². The number of rotatable bonds is 9. The van der Waals surface area contributed by atoms with Crippen molar-refractivity contribution < 1.29 is 9.53 Å². The first-order chi connectivity index (χ1) is 14.1. The van der Waals surface area contributed by atoms with Crippen molar-refractivity contribution in [3.8, 4) is 5.88 Å². The van der Waals surface area contributed by atoms with E-state index in [0.717, 1.165) is 44.5 Å². The van der Waals surface area contributed by atoms with Crippen LogP contribution >= 0.6 is 0 Å². The zero-order chi connectivity index (χ0) is 20.5. The molecule has 1 aliphatic heterocycles. The van der Waals surface area contributed by atoms with Crippen LogP contribution in [0.25, 0.3) is 0 Å². The van der Waals surface area contributed by atoms with Crippen LogP contribution in [-0.4, -0.2) is 41.5 Å². The van der Waals surface area contributed by atoms with Crippen LogP contribution in [0.1, 0.15) is 44.2 Å². The molecule has 0 saturated carbocycles. The van der Waals surface area contributed by atoms with Crippen LogP contribution in [0.3, 0.4) is 0 Å². The van der Waals surface area contributed by atoms with Gasteiger partial charge in [-0.05, 0) is 36.3 Å². The molecule has 0 spiro atoms. The monoisotopic (exact) mass is 395 g/mol. The van der Waals surface area contributed by atoms with Gasteiger partial charge in [0.1, 0.15) is 6.10 Å². The maximum absolute atomic E-state index is 11.7. The average molecular weight is 396 g/mol. The topological polar surface area (TPSA) is 54.5 Å². The van der Waals surface area contributed by atoms with Gasteiger partial charge in [-0.25, -0.2) is 4.98 Å². The van der Waals surface area contributed by atoms with Gasteiger partial charge >= 0.3 is 0 Å². The molecule has 0 atom stereocenters. The number of hydrogen-bond acceptors (Lipinski definition) is 4. The Hall–Kier alpha value is -2.40. The SMILES string of the molecule is CC(C)CC(=O)NCc1ccc(OC2CCN(CCc3ccccc3)CC2)nc1. The van der Waals surface area contributed by atoms with Crippen LogP contribution < -0.4 is 10.1 Å². The van der Waals surface area contributed by atoms with E-state index in [0.29, 0.717) is 24.8 Å². The number of aromatic nitrogens is 1. The predicted octanol–water partition coefficient (Wildman–Crippen LogP) is 3.83. The summed E-state index contributed by atoms with van der Waals surface area (Å²) in [7, 11) is 0. The third-order valence-corrected chi connectivity index (χ3v) is 5.26. The predicted molar refractivity (Wildman–Crippen MR) is 116 cm³/mol. The van der Waals surface area contributed by atoms with Crippen molar-refractivity contribution in [1.82, 2.24) is 15.2 Å². The van der Waals surface area contributed by atoms with Crippen molar-refractivity contribution in [3.63, 3.8) is 0 Å². The molecular weight excluding hydrogens is 362 g/mol. The fourth-order valence-corrected chi connectivity index (χ4v) is 3.58. The van der Waals surface area contributed by atoms with E-state index in [1.165, 1.54) is 5.56 Å². The van der Waals surface area contributed by atoms with Crippen LogP contribution in [0, 0.1) is 5.92 Å². The van der Waals surface area contributed by atoms with Crippen molar-refractivity contribution in [2.45, 2.75) is 52.2 Å². The summed E-state index contributed by atoms with van der Waals surface area (Å²) in [5.74, 6) is 1.12. The first-order valence-electron chi connectivity index (χ1n) is 10.7. The van der Waals surface area contributed by atoms with Gasteiger partial charge in [0.15, 0.2) is 0 Å². The summed E-state index contributed by atoms with van der Waals surface area (Å²) in [5.41, 5.74) is 2.39. The molecule has 1 aliphatic rings. The molecule has 1 fully saturated rings. The van der Waals surface area contributed by atoms with Crippen molar-refractivity contribution in [2.24, 2.45) is 5.92 Å².